The first-order chi connectivity index (χ1) is 67.4. The first kappa shape index (κ1) is 93.9. The molecule has 0 bridgehead atoms. The number of thioether (sulfide) groups is 6. The first-order valence-corrected chi connectivity index (χ1v) is 70.0. The van der Waals surface area contributed by atoms with Crippen LogP contribution in [0.15, 0.2) is 0 Å². The van der Waals surface area contributed by atoms with Crippen LogP contribution in [0.4, 0.5) is 0 Å². The number of ether oxygens (including phenoxy) is 1. The van der Waals surface area contributed by atoms with Gasteiger partial charge in [-0.1, -0.05) is 167 Å². The van der Waals surface area contributed by atoms with Gasteiger partial charge in [0.2, 0.25) is 0 Å². The van der Waals surface area contributed by atoms with Gasteiger partial charge in [0, 0.05) is 117 Å². The third kappa shape index (κ3) is 16.7. The fourth-order valence-electron chi connectivity index (χ4n) is 48.0. The third-order valence-corrected chi connectivity index (χ3v) is 64.3. The minimum Gasteiger partial charge on any atom is -0.373 e. The minimum absolute atomic E-state index is 0.583. The van der Waals surface area contributed by atoms with Crippen molar-refractivity contribution in [3.05, 3.63) is 0 Å². The Balaban J connectivity index is 0.0000000989. The zero-order valence-corrected chi connectivity index (χ0v) is 91.3. The zero-order valence-electron chi connectivity index (χ0n) is 86.4. The predicted octanol–water partition coefficient (Wildman–Crippen LogP) is 33.1. The van der Waals surface area contributed by atoms with Crippen molar-refractivity contribution in [2.45, 2.75) is 598 Å². The second kappa shape index (κ2) is 40.5. The normalized spacial score (nSPS) is 57.0. The highest BCUT2D eigenvalue weighted by molar-refractivity contribution is 8.03. The van der Waals surface area contributed by atoms with Gasteiger partial charge in [-0.05, 0) is 479 Å². The molecule has 0 aromatic rings. The quantitative estimate of drug-likeness (QED) is 0.233. The molecule has 0 radical (unpaired) electrons. The van der Waals surface area contributed by atoms with Crippen molar-refractivity contribution in [1.29, 1.82) is 0 Å². The van der Waals surface area contributed by atoms with Crippen LogP contribution in [0.1, 0.15) is 469 Å². The lowest BCUT2D eigenvalue weighted by molar-refractivity contribution is -0.0680. The molecule has 10 saturated heterocycles. The standard InChI is InChI=1S/C42H65NOS2.2C42H67NS2/c1-4-15-33-26(9-1)32-23-24(19-21-34(32)43(33)35-16-8-13-28-27-10-2-5-17-36(27)44-40(28)35)25-12-7-14-29-30-20-22-38-39(42(30)46-41(25)29)31-11-3-6-18-37(31)45-38;1-4-16-36-31(11-1)32-12-2-5-17-37(32)43(36)29-21-19-26(20-22-29)27-9-7-10-28(25-27)30-14-8-15-33-34-23-24-39-40(42(34)45-41(30)33)35-13-3-6-18-38(35)44-39;1-2-9-29(10-3-1)43-36-15-6-4-11-31(36)35-25-28(21-23-37(35)43)26-17-19-27(20-18-26)30-13-8-14-32-33-22-24-39-40(42(33)45-41(30)32)34-12-5-7-16-38(34)44-39/h24-42H,1-23H2;2*26-42H,1-25H2. The summed E-state index contributed by atoms with van der Waals surface area (Å²) in [4.78, 5) is 9.80. The van der Waals surface area contributed by atoms with E-state index in [0.29, 0.717) is 12.2 Å². The Hall–Kier alpha value is 1.94. The average Bonchev–Trinajstić information content (AvgIpc) is 1.57. The largest absolute Gasteiger partial charge is 0.373 e. The summed E-state index contributed by atoms with van der Waals surface area (Å²) < 4.78 is 7.18. The summed E-state index contributed by atoms with van der Waals surface area (Å²) >= 11 is 15.5. The maximum absolute atomic E-state index is 7.18. The SMILES string of the molecule is C1CC(C2CCC(N3C4CCCCC4C4CCCCC43)CC2)CC(C2CCCC3C4CCC5SC6CCCCC6C5C4SC23)C1.C1CCC(N2C3CCCCC3C3CC(C4CCC(C5CCCC6C7CCC8SC9CCCCC9C8C7SC56)CC4)CCC32)CC1.C1CCC2C(C1)OC1C2CCCC1N1C2CCCCC2C2CC(C3CCCC4C5CCC6SC7CCCCC7C6C5SC34)CCC21. The van der Waals surface area contributed by atoms with Crippen LogP contribution in [0.5, 0.6) is 0 Å². The molecule has 31 aliphatic rings. The lowest BCUT2D eigenvalue weighted by atomic mass is 9.60. The second-order valence-corrected chi connectivity index (χ2v) is 65.9. The van der Waals surface area contributed by atoms with Crippen molar-refractivity contribution in [2.24, 2.45) is 178 Å². The highest BCUT2D eigenvalue weighted by atomic mass is 32.2. The van der Waals surface area contributed by atoms with E-state index >= 15 is 0 Å². The van der Waals surface area contributed by atoms with Crippen LogP contribution in [-0.2, 0) is 4.74 Å². The number of nitrogens with zero attached hydrogens (tertiary/aromatic N) is 3. The summed E-state index contributed by atoms with van der Waals surface area (Å²) in [6.45, 7) is 0. The van der Waals surface area contributed by atoms with E-state index in [-0.39, 0.29) is 0 Å². The molecule has 136 heavy (non-hydrogen) atoms. The van der Waals surface area contributed by atoms with Crippen LogP contribution in [0.2, 0.25) is 0 Å². The number of hydrogen-bond donors (Lipinski definition) is 0. The van der Waals surface area contributed by atoms with E-state index in [1.807, 2.05) is 0 Å². The second-order valence-electron chi connectivity index (χ2n) is 57.4. The minimum atomic E-state index is 0.583. The summed E-state index contributed by atoms with van der Waals surface area (Å²) in [7, 11) is 0. The van der Waals surface area contributed by atoms with E-state index < -0.39 is 0 Å². The van der Waals surface area contributed by atoms with Gasteiger partial charge in [-0.3, -0.25) is 14.7 Å². The summed E-state index contributed by atoms with van der Waals surface area (Å²) in [5.74, 6) is 32.2. The number of fused-ring (bicyclic) bond motifs is 33. The molecule has 0 aromatic heterocycles. The molecule has 21 aliphatic carbocycles. The molecule has 10 heterocycles. The van der Waals surface area contributed by atoms with Crippen LogP contribution >= 0.6 is 70.6 Å². The summed E-state index contributed by atoms with van der Waals surface area (Å²) in [6, 6.07) is 8.43. The molecule has 48 unspecified atom stereocenters. The Labute approximate surface area is 858 Å². The Morgan fingerprint density at radius 3 is 0.963 bits per heavy atom. The fraction of sp³-hybridized carbons (Fsp3) is 1.00. The highest BCUT2D eigenvalue weighted by Crippen LogP contribution is 2.73. The summed E-state index contributed by atoms with van der Waals surface area (Å²) in [6.07, 6.45) is 115. The van der Waals surface area contributed by atoms with Gasteiger partial charge in [-0.15, -0.1) is 0 Å². The van der Waals surface area contributed by atoms with Gasteiger partial charge in [0.15, 0.2) is 0 Å². The highest BCUT2D eigenvalue weighted by Gasteiger charge is 2.68. The van der Waals surface area contributed by atoms with E-state index in [1.165, 1.54) is 148 Å². The van der Waals surface area contributed by atoms with E-state index in [9.17, 15) is 0 Å². The fourth-order valence-corrected chi connectivity index (χ4v) is 62.3. The number of hydrogen-bond acceptors (Lipinski definition) is 10. The number of likely N-dealkylation sites (tertiary alicyclic amines) is 3. The van der Waals surface area contributed by atoms with Crippen molar-refractivity contribution < 1.29 is 4.74 Å². The molecule has 31 rings (SSSR count). The van der Waals surface area contributed by atoms with Gasteiger partial charge in [0.25, 0.3) is 0 Å². The average molecular weight is 1960 g/mol. The van der Waals surface area contributed by atoms with Crippen LogP contribution in [0.3, 0.4) is 0 Å². The van der Waals surface area contributed by atoms with E-state index in [4.69, 9.17) is 4.74 Å². The Bertz CT molecular complexity index is 3970. The summed E-state index contributed by atoms with van der Waals surface area (Å²) in [5.41, 5.74) is 0. The third-order valence-electron chi connectivity index (χ3n) is 52.8. The predicted molar refractivity (Wildman–Crippen MR) is 581 cm³/mol. The Kier molecular flexibility index (Phi) is 28.0. The van der Waals surface area contributed by atoms with Gasteiger partial charge < -0.3 is 4.74 Å². The zero-order chi connectivity index (χ0) is 88.9. The molecule has 0 aromatic carbocycles. The van der Waals surface area contributed by atoms with Crippen molar-refractivity contribution >= 4 is 70.6 Å². The van der Waals surface area contributed by atoms with Crippen LogP contribution in [0, 0.1) is 178 Å². The molecule has 10 heteroatoms. The molecule has 31 fully saturated rings. The Morgan fingerprint density at radius 1 is 0.147 bits per heavy atom. The molecular formula is C126H199N3OS6. The van der Waals surface area contributed by atoms with Crippen molar-refractivity contribution in [3.63, 3.8) is 0 Å². The molecular weight excluding hydrogens is 1760 g/mol. The topological polar surface area (TPSA) is 19.0 Å². The van der Waals surface area contributed by atoms with E-state index in [0.717, 1.165) is 295 Å². The molecule has 21 saturated carbocycles. The van der Waals surface area contributed by atoms with Gasteiger partial charge in [-0.25, -0.2) is 0 Å². The molecule has 0 N–H and O–H groups in total. The van der Waals surface area contributed by atoms with Crippen LogP contribution in [-0.4, -0.2) is 144 Å². The molecule has 0 spiro atoms. The summed E-state index contributed by atoms with van der Waals surface area (Å²) in [5, 5.41) is 12.6. The van der Waals surface area contributed by atoms with E-state index in [1.54, 1.807) is 321 Å². The molecule has 48 atom stereocenters. The number of rotatable bonds is 8. The van der Waals surface area contributed by atoms with Crippen LogP contribution in [0.25, 0.3) is 0 Å². The smallest absolute Gasteiger partial charge is 0.0766 e. The lowest BCUT2D eigenvalue weighted by Gasteiger charge is -2.48. The molecule has 0 amide bonds. The van der Waals surface area contributed by atoms with Gasteiger partial charge in [0.05, 0.1) is 12.2 Å². The molecule has 760 valence electrons. The van der Waals surface area contributed by atoms with Crippen LogP contribution < -0.4 is 0 Å². The van der Waals surface area contributed by atoms with Gasteiger partial charge in [0.1, 0.15) is 0 Å². The maximum atomic E-state index is 7.18. The molecule has 10 aliphatic heterocycles. The lowest BCUT2D eigenvalue weighted by Crippen LogP contribution is -2.55. The maximum Gasteiger partial charge on any atom is 0.0766 e. The first-order valence-electron chi connectivity index (χ1n) is 64.4. The van der Waals surface area contributed by atoms with Gasteiger partial charge >= 0.3 is 0 Å². The van der Waals surface area contributed by atoms with Crippen molar-refractivity contribution in [2.75, 3.05) is 0 Å². The van der Waals surface area contributed by atoms with Gasteiger partial charge in [-0.2, -0.15) is 70.6 Å². The van der Waals surface area contributed by atoms with Crippen molar-refractivity contribution in [3.8, 4) is 0 Å². The monoisotopic (exact) mass is 1960 g/mol. The Morgan fingerprint density at radius 2 is 0.456 bits per heavy atom. The molecule has 4 nitrogen and oxygen atoms in total. The van der Waals surface area contributed by atoms with E-state index in [2.05, 4.69) is 85.3 Å². The van der Waals surface area contributed by atoms with Crippen molar-refractivity contribution in [1.82, 2.24) is 14.7 Å².